The molecule has 2 unspecified atom stereocenters. The van der Waals surface area contributed by atoms with Gasteiger partial charge >= 0.3 is 5.97 Å². The standard InChI is InChI=1S/C21H22Cl2N4O4S2/c1-10-17(8-30-12(3)28)31-21(33-13-4-5-14(22)15(23)6-13)11(2)19(10)27-7-16(25-26-27)20-24-18(29)9-32-20/h4-7,9-11,17,19,21,29H,8H2,1-3H3/t10-,11?,17?,19-,21+/m0/s1. The van der Waals surface area contributed by atoms with Crippen LogP contribution in [0.4, 0.5) is 0 Å². The summed E-state index contributed by atoms with van der Waals surface area (Å²) in [5, 5.41) is 21.3. The summed E-state index contributed by atoms with van der Waals surface area (Å²) < 4.78 is 13.5. The van der Waals surface area contributed by atoms with Gasteiger partial charge in [0.25, 0.3) is 0 Å². The van der Waals surface area contributed by atoms with Crippen LogP contribution in [-0.4, -0.2) is 49.2 Å². The molecule has 8 nitrogen and oxygen atoms in total. The van der Waals surface area contributed by atoms with Gasteiger partial charge in [0.1, 0.15) is 22.7 Å². The highest BCUT2D eigenvalue weighted by atomic mass is 35.5. The largest absolute Gasteiger partial charge is 0.493 e. The zero-order valence-electron chi connectivity index (χ0n) is 18.0. The lowest BCUT2D eigenvalue weighted by Crippen LogP contribution is -2.47. The first kappa shape index (κ1) is 24.3. The van der Waals surface area contributed by atoms with Gasteiger partial charge in [-0.25, -0.2) is 9.67 Å². The molecule has 3 heterocycles. The van der Waals surface area contributed by atoms with Crippen LogP contribution in [0.3, 0.4) is 0 Å². The van der Waals surface area contributed by atoms with E-state index in [4.69, 9.17) is 32.7 Å². The van der Waals surface area contributed by atoms with Crippen LogP contribution in [0.2, 0.25) is 10.0 Å². The fraction of sp³-hybridized carbons (Fsp3) is 0.429. The van der Waals surface area contributed by atoms with Gasteiger partial charge in [0, 0.05) is 23.7 Å². The molecular formula is C21H22Cl2N4O4S2. The number of carbonyl (C=O) groups excluding carboxylic acids is 1. The smallest absolute Gasteiger partial charge is 0.302 e. The minimum absolute atomic E-state index is 0.0206. The highest BCUT2D eigenvalue weighted by Gasteiger charge is 2.44. The van der Waals surface area contributed by atoms with Crippen molar-refractivity contribution in [1.82, 2.24) is 20.0 Å². The molecule has 0 bridgehead atoms. The third-order valence-electron chi connectivity index (χ3n) is 5.52. The molecule has 1 saturated heterocycles. The summed E-state index contributed by atoms with van der Waals surface area (Å²) in [6.45, 7) is 5.66. The average molecular weight is 529 g/mol. The first-order chi connectivity index (χ1) is 15.7. The van der Waals surface area contributed by atoms with E-state index in [-0.39, 0.29) is 47.9 Å². The van der Waals surface area contributed by atoms with Crippen molar-refractivity contribution < 1.29 is 19.4 Å². The number of aromatic nitrogens is 4. The molecule has 0 saturated carbocycles. The third-order valence-corrected chi connectivity index (χ3v) is 8.41. The topological polar surface area (TPSA) is 99.4 Å². The number of ether oxygens (including phenoxy) is 2. The van der Waals surface area contributed by atoms with Crippen molar-refractivity contribution in [2.45, 2.75) is 43.2 Å². The monoisotopic (exact) mass is 528 g/mol. The van der Waals surface area contributed by atoms with E-state index in [0.29, 0.717) is 20.7 Å². The van der Waals surface area contributed by atoms with Crippen LogP contribution in [0.5, 0.6) is 5.88 Å². The lowest BCUT2D eigenvalue weighted by atomic mass is 9.84. The van der Waals surface area contributed by atoms with Gasteiger partial charge < -0.3 is 14.6 Å². The fourth-order valence-corrected chi connectivity index (χ4v) is 6.04. The van der Waals surface area contributed by atoms with Gasteiger partial charge in [-0.1, -0.05) is 54.0 Å². The minimum atomic E-state index is -0.360. The lowest BCUT2D eigenvalue weighted by molar-refractivity contribution is -0.156. The molecule has 3 aromatic rings. The minimum Gasteiger partial charge on any atom is -0.493 e. The normalized spacial score (nSPS) is 25.2. The van der Waals surface area contributed by atoms with E-state index in [1.165, 1.54) is 30.0 Å². The Hall–Kier alpha value is -1.85. The van der Waals surface area contributed by atoms with Crippen LogP contribution in [0, 0.1) is 11.8 Å². The van der Waals surface area contributed by atoms with Gasteiger partial charge in [0.15, 0.2) is 0 Å². The van der Waals surface area contributed by atoms with E-state index < -0.39 is 0 Å². The average Bonchev–Trinajstić information content (AvgIpc) is 3.41. The van der Waals surface area contributed by atoms with E-state index in [1.807, 2.05) is 23.9 Å². The van der Waals surface area contributed by atoms with E-state index in [2.05, 4.69) is 22.2 Å². The number of thiazole rings is 1. The molecule has 12 heteroatoms. The zero-order chi connectivity index (χ0) is 23.7. The Balaban J connectivity index is 1.62. The fourth-order valence-electron chi connectivity index (χ4n) is 3.87. The summed E-state index contributed by atoms with van der Waals surface area (Å²) in [4.78, 5) is 16.4. The molecule has 1 fully saturated rings. The number of thioether (sulfide) groups is 1. The molecule has 33 heavy (non-hydrogen) atoms. The molecule has 1 N–H and O–H groups in total. The van der Waals surface area contributed by atoms with Gasteiger partial charge in [0.05, 0.1) is 33.8 Å². The third kappa shape index (κ3) is 5.46. The van der Waals surface area contributed by atoms with Crippen molar-refractivity contribution >= 4 is 52.3 Å². The second kappa shape index (κ2) is 10.2. The number of nitrogens with zero attached hydrogens (tertiary/aromatic N) is 4. The highest BCUT2D eigenvalue weighted by molar-refractivity contribution is 7.99. The molecule has 0 amide bonds. The zero-order valence-corrected chi connectivity index (χ0v) is 21.2. The summed E-state index contributed by atoms with van der Waals surface area (Å²) in [5.41, 5.74) is 0.317. The van der Waals surface area contributed by atoms with Crippen molar-refractivity contribution in [2.75, 3.05) is 6.61 Å². The van der Waals surface area contributed by atoms with Crippen LogP contribution in [0.1, 0.15) is 26.8 Å². The SMILES string of the molecule is CC(=O)OCC1O[C@H](Sc2ccc(Cl)c(Cl)c2)C(C)[C@@H](n2cc(-c3nc(O)cs3)nn2)[C@H]1C. The predicted molar refractivity (Wildman–Crippen MR) is 128 cm³/mol. The van der Waals surface area contributed by atoms with Gasteiger partial charge in [-0.2, -0.15) is 0 Å². The Morgan fingerprint density at radius 1 is 1.30 bits per heavy atom. The van der Waals surface area contributed by atoms with E-state index in [0.717, 1.165) is 4.90 Å². The second-order valence-electron chi connectivity index (χ2n) is 7.84. The van der Waals surface area contributed by atoms with Gasteiger partial charge in [-0.15, -0.1) is 16.4 Å². The number of carbonyl (C=O) groups is 1. The predicted octanol–water partition coefficient (Wildman–Crippen LogP) is 5.31. The van der Waals surface area contributed by atoms with Crippen LogP contribution >= 0.6 is 46.3 Å². The Kier molecular flexibility index (Phi) is 7.49. The number of aromatic hydroxyl groups is 1. The molecule has 1 aliphatic heterocycles. The Labute approximate surface area is 209 Å². The van der Waals surface area contributed by atoms with Crippen molar-refractivity contribution in [3.8, 4) is 16.6 Å². The van der Waals surface area contributed by atoms with Crippen molar-refractivity contribution in [3.05, 3.63) is 39.8 Å². The molecular weight excluding hydrogens is 507 g/mol. The first-order valence-corrected chi connectivity index (χ1v) is 12.7. The van der Waals surface area contributed by atoms with E-state index in [9.17, 15) is 9.90 Å². The number of esters is 1. The second-order valence-corrected chi connectivity index (χ2v) is 10.7. The number of hydrogen-bond acceptors (Lipinski definition) is 9. The molecule has 2 aromatic heterocycles. The molecule has 4 rings (SSSR count). The maximum Gasteiger partial charge on any atom is 0.302 e. The first-order valence-electron chi connectivity index (χ1n) is 10.2. The quantitative estimate of drug-likeness (QED) is 0.429. The summed E-state index contributed by atoms with van der Waals surface area (Å²) in [6, 6.07) is 5.37. The van der Waals surface area contributed by atoms with Crippen LogP contribution in [0.15, 0.2) is 34.7 Å². The maximum absolute atomic E-state index is 11.4. The summed E-state index contributed by atoms with van der Waals surface area (Å²) in [5.74, 6) is -0.408. The highest BCUT2D eigenvalue weighted by Crippen LogP contribution is 2.45. The van der Waals surface area contributed by atoms with Crippen molar-refractivity contribution in [1.29, 1.82) is 0 Å². The van der Waals surface area contributed by atoms with Crippen LogP contribution < -0.4 is 0 Å². The van der Waals surface area contributed by atoms with E-state index in [1.54, 1.807) is 17.5 Å². The molecule has 0 spiro atoms. The Morgan fingerprint density at radius 3 is 2.76 bits per heavy atom. The molecule has 1 aromatic carbocycles. The lowest BCUT2D eigenvalue weighted by Gasteiger charge is -2.44. The number of benzene rings is 1. The number of rotatable bonds is 6. The Morgan fingerprint density at radius 2 is 2.09 bits per heavy atom. The molecule has 5 atom stereocenters. The summed E-state index contributed by atoms with van der Waals surface area (Å²) in [6.07, 6.45) is 1.48. The van der Waals surface area contributed by atoms with Crippen molar-refractivity contribution in [2.24, 2.45) is 11.8 Å². The molecule has 0 aliphatic carbocycles. The van der Waals surface area contributed by atoms with Crippen LogP contribution in [0.25, 0.3) is 10.7 Å². The maximum atomic E-state index is 11.4. The summed E-state index contributed by atoms with van der Waals surface area (Å²) in [7, 11) is 0. The van der Waals surface area contributed by atoms with Gasteiger partial charge in [0.2, 0.25) is 5.88 Å². The number of halogens is 2. The van der Waals surface area contributed by atoms with Gasteiger partial charge in [-0.05, 0) is 18.2 Å². The molecule has 0 radical (unpaired) electrons. The van der Waals surface area contributed by atoms with Crippen molar-refractivity contribution in [3.63, 3.8) is 0 Å². The van der Waals surface area contributed by atoms with Gasteiger partial charge in [-0.3, -0.25) is 4.79 Å². The molecule has 176 valence electrons. The van der Waals surface area contributed by atoms with E-state index >= 15 is 0 Å². The van der Waals surface area contributed by atoms with Crippen LogP contribution in [-0.2, 0) is 14.3 Å². The Bertz CT molecular complexity index is 1140. The molecule has 1 aliphatic rings. The number of hydrogen-bond donors (Lipinski definition) is 1. The summed E-state index contributed by atoms with van der Waals surface area (Å²) >= 11 is 15.1.